The van der Waals surface area contributed by atoms with Crippen LogP contribution in [0.25, 0.3) is 0 Å². The van der Waals surface area contributed by atoms with Crippen LogP contribution < -0.4 is 5.73 Å². The van der Waals surface area contributed by atoms with E-state index in [9.17, 15) is 19.7 Å². The number of amides is 1. The van der Waals surface area contributed by atoms with Crippen molar-refractivity contribution in [2.45, 2.75) is 12.0 Å². The van der Waals surface area contributed by atoms with Gasteiger partial charge in [-0.3, -0.25) is 19.7 Å². The summed E-state index contributed by atoms with van der Waals surface area (Å²) in [6, 6.07) is 1.08. The highest BCUT2D eigenvalue weighted by Crippen LogP contribution is 2.26. The van der Waals surface area contributed by atoms with Crippen LogP contribution in [0.5, 0.6) is 0 Å². The SMILES string of the molecule is NC1(C(=O)O)CCN(C(=O)c2cc(Cl)ncc2[N+](=O)[O-])C1. The van der Waals surface area contributed by atoms with Crippen molar-refractivity contribution in [3.8, 4) is 0 Å². The van der Waals surface area contributed by atoms with Gasteiger partial charge in [-0.15, -0.1) is 0 Å². The Kier molecular flexibility index (Phi) is 3.79. The third-order valence-electron chi connectivity index (χ3n) is 3.29. The maximum absolute atomic E-state index is 12.3. The third kappa shape index (κ3) is 2.78. The van der Waals surface area contributed by atoms with Crippen molar-refractivity contribution < 1.29 is 19.6 Å². The standard InChI is InChI=1S/C11H11ClN4O5/c12-8-3-6(7(4-14-8)16(20)21)9(17)15-2-1-11(13,5-15)10(18)19/h3-4H,1-2,5,13H2,(H,18,19). The number of halogens is 1. The molecule has 1 amide bonds. The Morgan fingerprint density at radius 1 is 1.57 bits per heavy atom. The number of nitrogens with two attached hydrogens (primary N) is 1. The van der Waals surface area contributed by atoms with Crippen LogP contribution in [0, 0.1) is 10.1 Å². The summed E-state index contributed by atoms with van der Waals surface area (Å²) in [5.41, 5.74) is 3.40. The van der Waals surface area contributed by atoms with Crippen molar-refractivity contribution in [2.24, 2.45) is 5.73 Å². The maximum Gasteiger partial charge on any atom is 0.325 e. The minimum Gasteiger partial charge on any atom is -0.480 e. The maximum atomic E-state index is 12.3. The summed E-state index contributed by atoms with van der Waals surface area (Å²) in [7, 11) is 0. The molecule has 2 rings (SSSR count). The van der Waals surface area contributed by atoms with Crippen molar-refractivity contribution in [3.05, 3.63) is 33.1 Å². The van der Waals surface area contributed by atoms with Crippen LogP contribution in [0.1, 0.15) is 16.8 Å². The van der Waals surface area contributed by atoms with E-state index in [1.165, 1.54) is 0 Å². The van der Waals surface area contributed by atoms with Gasteiger partial charge in [0, 0.05) is 13.1 Å². The molecule has 21 heavy (non-hydrogen) atoms. The first-order valence-corrected chi connectivity index (χ1v) is 6.24. The van der Waals surface area contributed by atoms with E-state index >= 15 is 0 Å². The van der Waals surface area contributed by atoms with Crippen molar-refractivity contribution in [3.63, 3.8) is 0 Å². The van der Waals surface area contributed by atoms with Crippen LogP contribution in [0.15, 0.2) is 12.3 Å². The van der Waals surface area contributed by atoms with Gasteiger partial charge in [0.15, 0.2) is 0 Å². The van der Waals surface area contributed by atoms with Gasteiger partial charge in [-0.2, -0.15) is 0 Å². The molecule has 1 aliphatic heterocycles. The molecular weight excluding hydrogens is 304 g/mol. The molecule has 1 aromatic rings. The number of carbonyl (C=O) groups is 2. The Hall–Kier alpha value is -2.26. The van der Waals surface area contributed by atoms with E-state index < -0.39 is 28.0 Å². The molecule has 2 heterocycles. The lowest BCUT2D eigenvalue weighted by atomic mass is 10.0. The quantitative estimate of drug-likeness (QED) is 0.463. The lowest BCUT2D eigenvalue weighted by molar-refractivity contribution is -0.385. The topological polar surface area (TPSA) is 140 Å². The molecule has 9 nitrogen and oxygen atoms in total. The fourth-order valence-electron chi connectivity index (χ4n) is 2.09. The molecule has 0 aliphatic carbocycles. The van der Waals surface area contributed by atoms with E-state index in [0.717, 1.165) is 17.2 Å². The normalized spacial score (nSPS) is 21.3. The number of rotatable bonds is 3. The van der Waals surface area contributed by atoms with E-state index in [1.807, 2.05) is 0 Å². The first-order chi connectivity index (χ1) is 9.74. The lowest BCUT2D eigenvalue weighted by Crippen LogP contribution is -2.50. The number of carboxylic acids is 1. The van der Waals surface area contributed by atoms with Gasteiger partial charge in [0.2, 0.25) is 0 Å². The van der Waals surface area contributed by atoms with Gasteiger partial charge in [-0.25, -0.2) is 4.98 Å². The molecule has 0 spiro atoms. The van der Waals surface area contributed by atoms with E-state index in [0.29, 0.717) is 0 Å². The fraction of sp³-hybridized carbons (Fsp3) is 0.364. The molecule has 1 atom stereocenters. The number of pyridine rings is 1. The highest BCUT2D eigenvalue weighted by atomic mass is 35.5. The summed E-state index contributed by atoms with van der Waals surface area (Å²) in [6.07, 6.45) is 0.958. The van der Waals surface area contributed by atoms with Gasteiger partial charge in [0.1, 0.15) is 22.5 Å². The molecular formula is C11H11ClN4O5. The summed E-state index contributed by atoms with van der Waals surface area (Å²) in [5.74, 6) is -1.92. The van der Waals surface area contributed by atoms with Crippen LogP contribution in [0.3, 0.4) is 0 Å². The van der Waals surface area contributed by atoms with Gasteiger partial charge < -0.3 is 15.7 Å². The second kappa shape index (κ2) is 5.26. The molecule has 0 saturated carbocycles. The largest absolute Gasteiger partial charge is 0.480 e. The zero-order chi connectivity index (χ0) is 15.8. The second-order valence-electron chi connectivity index (χ2n) is 4.72. The van der Waals surface area contributed by atoms with Gasteiger partial charge in [-0.05, 0) is 12.5 Å². The number of carbonyl (C=O) groups excluding carboxylic acids is 1. The Bertz CT molecular complexity index is 637. The van der Waals surface area contributed by atoms with Crippen LogP contribution >= 0.6 is 11.6 Å². The number of hydrogen-bond donors (Lipinski definition) is 2. The van der Waals surface area contributed by atoms with Crippen molar-refractivity contribution in [2.75, 3.05) is 13.1 Å². The molecule has 1 unspecified atom stereocenters. The van der Waals surface area contributed by atoms with Crippen molar-refractivity contribution >= 4 is 29.2 Å². The monoisotopic (exact) mass is 314 g/mol. The van der Waals surface area contributed by atoms with Crippen LogP contribution in [0.4, 0.5) is 5.69 Å². The van der Waals surface area contributed by atoms with Crippen LogP contribution in [-0.4, -0.2) is 50.4 Å². The third-order valence-corrected chi connectivity index (χ3v) is 3.50. The number of aromatic nitrogens is 1. The van der Waals surface area contributed by atoms with E-state index in [4.69, 9.17) is 22.4 Å². The Morgan fingerprint density at radius 3 is 2.76 bits per heavy atom. The van der Waals surface area contributed by atoms with E-state index in [2.05, 4.69) is 4.98 Å². The summed E-state index contributed by atoms with van der Waals surface area (Å²) in [5, 5.41) is 19.9. The molecule has 1 aromatic heterocycles. The van der Waals surface area contributed by atoms with Crippen LogP contribution in [0.2, 0.25) is 5.15 Å². The molecule has 10 heteroatoms. The lowest BCUT2D eigenvalue weighted by Gasteiger charge is -2.20. The van der Waals surface area contributed by atoms with Gasteiger partial charge in [0.25, 0.3) is 11.6 Å². The van der Waals surface area contributed by atoms with Gasteiger partial charge in [0.05, 0.1) is 4.92 Å². The number of nitro groups is 1. The van der Waals surface area contributed by atoms with Crippen molar-refractivity contribution in [1.82, 2.24) is 9.88 Å². The molecule has 1 saturated heterocycles. The van der Waals surface area contributed by atoms with E-state index in [1.54, 1.807) is 0 Å². The summed E-state index contributed by atoms with van der Waals surface area (Å²) in [6.45, 7) is -0.128. The zero-order valence-electron chi connectivity index (χ0n) is 10.7. The molecule has 0 aromatic carbocycles. The minimum atomic E-state index is -1.54. The molecule has 0 radical (unpaired) electrons. The number of aliphatic carboxylic acids is 1. The number of likely N-dealkylation sites (tertiary alicyclic amines) is 1. The molecule has 1 fully saturated rings. The Labute approximate surface area is 123 Å². The molecule has 0 bridgehead atoms. The average molecular weight is 315 g/mol. The molecule has 1 aliphatic rings. The predicted molar refractivity (Wildman–Crippen MR) is 71.0 cm³/mol. The molecule has 3 N–H and O–H groups in total. The highest BCUT2D eigenvalue weighted by Gasteiger charge is 2.44. The number of nitrogens with zero attached hydrogens (tertiary/aromatic N) is 3. The number of carboxylic acid groups (broad SMARTS) is 1. The summed E-state index contributed by atoms with van der Waals surface area (Å²) >= 11 is 5.66. The Morgan fingerprint density at radius 2 is 2.24 bits per heavy atom. The number of hydrogen-bond acceptors (Lipinski definition) is 6. The van der Waals surface area contributed by atoms with Crippen LogP contribution in [-0.2, 0) is 4.79 Å². The average Bonchev–Trinajstić information content (AvgIpc) is 2.81. The first-order valence-electron chi connectivity index (χ1n) is 5.86. The van der Waals surface area contributed by atoms with Crippen molar-refractivity contribution in [1.29, 1.82) is 0 Å². The summed E-state index contributed by atoms with van der Waals surface area (Å²) < 4.78 is 0. The zero-order valence-corrected chi connectivity index (χ0v) is 11.4. The van der Waals surface area contributed by atoms with Gasteiger partial charge >= 0.3 is 5.97 Å². The minimum absolute atomic E-state index is 0.0691. The second-order valence-corrected chi connectivity index (χ2v) is 5.11. The first kappa shape index (κ1) is 15.1. The fourth-order valence-corrected chi connectivity index (χ4v) is 2.25. The predicted octanol–water partition coefficient (Wildman–Crippen LogP) is 0.271. The smallest absolute Gasteiger partial charge is 0.325 e. The Balaban J connectivity index is 2.32. The molecule has 112 valence electrons. The summed E-state index contributed by atoms with van der Waals surface area (Å²) in [4.78, 5) is 38.3. The highest BCUT2D eigenvalue weighted by molar-refractivity contribution is 6.29. The van der Waals surface area contributed by atoms with E-state index in [-0.39, 0.29) is 30.2 Å². The van der Waals surface area contributed by atoms with Gasteiger partial charge in [-0.1, -0.05) is 11.6 Å².